The molecule has 2 aliphatic rings. The number of rotatable bonds is 4. The van der Waals surface area contributed by atoms with Crippen LogP contribution < -0.4 is 58.5 Å². The molecule has 1 radical (unpaired) electrons. The Labute approximate surface area is 362 Å². The van der Waals surface area contributed by atoms with Crippen molar-refractivity contribution in [2.24, 2.45) is 0 Å². The molecule has 4 aromatic rings. The summed E-state index contributed by atoms with van der Waals surface area (Å²) in [5.74, 6) is 5.67. The van der Waals surface area contributed by atoms with Crippen LogP contribution in [0.3, 0.4) is 0 Å². The van der Waals surface area contributed by atoms with E-state index in [0.29, 0.717) is 0 Å². The van der Waals surface area contributed by atoms with E-state index in [-0.39, 0.29) is 52.2 Å². The van der Waals surface area contributed by atoms with Crippen LogP contribution in [-0.2, 0) is 44.8 Å². The summed E-state index contributed by atoms with van der Waals surface area (Å²) in [6.07, 6.45) is 5.85. The van der Waals surface area contributed by atoms with Crippen LogP contribution in [-0.4, -0.2) is 23.0 Å². The van der Waals surface area contributed by atoms with Crippen molar-refractivity contribution >= 4 is 59.3 Å². The molecule has 0 saturated carbocycles. The molecule has 0 amide bonds. The van der Waals surface area contributed by atoms with E-state index in [1.54, 1.807) is 0 Å². The Hall–Kier alpha value is 0.181. The maximum Gasteiger partial charge on any atom is 3.00 e. The summed E-state index contributed by atoms with van der Waals surface area (Å²) in [4.78, 5) is 0. The van der Waals surface area contributed by atoms with E-state index in [1.807, 2.05) is 72.8 Å². The quantitative estimate of drug-likeness (QED) is 0.158. The molecule has 0 atom stereocenters. The fraction of sp³-hybridized carbons (Fsp3) is 0.216. The largest absolute Gasteiger partial charge is 3.00 e. The van der Waals surface area contributed by atoms with E-state index in [2.05, 4.69) is 98.7 Å². The second-order valence-electron chi connectivity index (χ2n) is 10.7. The molecule has 16 heteroatoms. The molecular weight excluding hydrogens is 1160 g/mol. The number of benzene rings is 4. The topological polar surface area (TPSA) is 184 Å². The molecule has 2 aliphatic heterocycles. The van der Waals surface area contributed by atoms with Gasteiger partial charge in [-0.25, -0.2) is 37.3 Å². The average Bonchev–Trinajstić information content (AvgIpc) is 3.86. The molecule has 0 unspecified atom stereocenters. The van der Waals surface area contributed by atoms with Crippen LogP contribution in [0.4, 0.5) is 0 Å². The fourth-order valence-electron chi connectivity index (χ4n) is 4.17. The summed E-state index contributed by atoms with van der Waals surface area (Å²) < 4.78 is 67.9. The zero-order chi connectivity index (χ0) is 37.5. The molecule has 2 saturated heterocycles. The maximum atomic E-state index is 8.49. The molecule has 6 rings (SSSR count). The second kappa shape index (κ2) is 31.2. The first-order chi connectivity index (χ1) is 23.4. The zero-order valence-corrected chi connectivity index (χ0v) is 38.6. The Kier molecular flexibility index (Phi) is 33.9. The minimum Gasteiger partial charge on any atom is -0.358 e. The molecule has 0 spiro atoms. The Bertz CT molecular complexity index is 1190. The van der Waals surface area contributed by atoms with Crippen LogP contribution in [0.1, 0.15) is 25.7 Å². The van der Waals surface area contributed by atoms with Gasteiger partial charge in [0.05, 0.1) is 0 Å². The van der Waals surface area contributed by atoms with Crippen LogP contribution in [0.5, 0.6) is 0 Å². The molecule has 2 heterocycles. The normalized spacial score (nSPS) is 13.2. The predicted octanol–water partition coefficient (Wildman–Crippen LogP) is 0.436. The van der Waals surface area contributed by atoms with Gasteiger partial charge in [0.1, 0.15) is 0 Å². The minimum atomic E-state index is -4.94. The molecule has 8 nitrogen and oxygen atoms in total. The summed E-state index contributed by atoms with van der Waals surface area (Å²) in [5.41, 5.74) is 0. The van der Waals surface area contributed by atoms with E-state index >= 15 is 0 Å². The van der Waals surface area contributed by atoms with Gasteiger partial charge in [-0.15, -0.1) is 20.5 Å². The monoisotopic (exact) mass is 1210 g/mol. The van der Waals surface area contributed by atoms with E-state index in [0.717, 1.165) is 0 Å². The van der Waals surface area contributed by atoms with Crippen molar-refractivity contribution in [2.45, 2.75) is 25.7 Å². The van der Waals surface area contributed by atoms with Gasteiger partial charge in [-0.2, -0.15) is 64.7 Å². The van der Waals surface area contributed by atoms with Crippen LogP contribution in [0.2, 0.25) is 0 Å². The van der Waals surface area contributed by atoms with Crippen LogP contribution >= 0.6 is 38.0 Å². The number of hydrogen-bond donors (Lipinski definition) is 0. The van der Waals surface area contributed by atoms with Gasteiger partial charge in [0, 0.05) is 43.6 Å². The van der Waals surface area contributed by atoms with E-state index in [4.69, 9.17) is 37.3 Å². The summed E-state index contributed by atoms with van der Waals surface area (Å²) in [6.45, 7) is 17.2. The summed E-state index contributed by atoms with van der Waals surface area (Å²) >= 11 is 4.15. The maximum absolute atomic E-state index is 8.49. The molecule has 53 heavy (non-hydrogen) atoms. The van der Waals surface area contributed by atoms with Gasteiger partial charge < -0.3 is 7.43 Å². The first kappa shape index (κ1) is 57.5. The third-order valence-electron chi connectivity index (χ3n) is 6.66. The molecule has 303 valence electrons. The van der Waals surface area contributed by atoms with Crippen molar-refractivity contribution in [1.82, 2.24) is 0 Å². The van der Waals surface area contributed by atoms with Gasteiger partial charge in [-0.05, 0) is 97.2 Å². The van der Waals surface area contributed by atoms with E-state index in [1.165, 1.54) is 69.9 Å². The summed E-state index contributed by atoms with van der Waals surface area (Å²) in [6, 6.07) is 41.3. The van der Waals surface area contributed by atoms with Gasteiger partial charge in [0.25, 0.3) is 0 Å². The first-order valence-electron chi connectivity index (χ1n) is 15.2. The first-order valence-corrected chi connectivity index (χ1v) is 24.3. The Balaban J connectivity index is -0.000000609. The Morgan fingerprint density at radius 2 is 0.547 bits per heavy atom. The van der Waals surface area contributed by atoms with Crippen LogP contribution in [0.15, 0.2) is 121 Å². The number of thioether (sulfide) groups is 2. The van der Waals surface area contributed by atoms with Crippen molar-refractivity contribution in [1.29, 1.82) is 0 Å². The fourth-order valence-corrected chi connectivity index (χ4v) is 9.78. The molecule has 2 fully saturated rings. The van der Waals surface area contributed by atoms with Crippen molar-refractivity contribution in [2.75, 3.05) is 23.0 Å². The van der Waals surface area contributed by atoms with Crippen LogP contribution in [0.25, 0.3) is 0 Å². The summed E-state index contributed by atoms with van der Waals surface area (Å²) in [7, 11) is -13.2. The van der Waals surface area contributed by atoms with E-state index < -0.39 is 35.0 Å². The Morgan fingerprint density at radius 1 is 0.396 bits per heavy atom. The van der Waals surface area contributed by atoms with Gasteiger partial charge in [0.2, 0.25) is 0 Å². The van der Waals surface area contributed by atoms with Gasteiger partial charge in [-0.1, -0.05) is 72.8 Å². The van der Waals surface area contributed by atoms with Gasteiger partial charge in [-0.3, -0.25) is 0 Å². The van der Waals surface area contributed by atoms with Crippen molar-refractivity contribution in [3.05, 3.63) is 155 Å². The average molecular weight is 1210 g/mol. The second-order valence-corrected chi connectivity index (χ2v) is 20.6. The predicted molar refractivity (Wildman–Crippen MR) is 199 cm³/mol. The van der Waals surface area contributed by atoms with Crippen molar-refractivity contribution in [3.63, 3.8) is 0 Å². The third kappa shape index (κ3) is 30.0. The molecule has 0 aromatic heterocycles. The van der Waals surface area contributed by atoms with Crippen molar-refractivity contribution < 1.29 is 103 Å². The summed E-state index contributed by atoms with van der Waals surface area (Å²) in [5, 5.41) is 4.99. The minimum absolute atomic E-state index is 0. The zero-order valence-electron chi connectivity index (χ0n) is 29.4. The molecule has 0 bridgehead atoms. The molecule has 0 N–H and O–H groups in total. The number of halogens is 2. The van der Waals surface area contributed by atoms with Crippen molar-refractivity contribution in [3.8, 4) is 0 Å². The molecule has 4 aromatic carbocycles. The van der Waals surface area contributed by atoms with Gasteiger partial charge in [0.15, 0.2) is 0 Å². The van der Waals surface area contributed by atoms with E-state index in [9.17, 15) is 0 Å². The third-order valence-corrected chi connectivity index (χ3v) is 14.1. The molecule has 0 aliphatic carbocycles. The van der Waals surface area contributed by atoms with Gasteiger partial charge >= 0.3 is 22.4 Å². The smallest absolute Gasteiger partial charge is 0.358 e. The standard InChI is InChI=1S/2C14H14P.2C4H8S.CH3.2Au.2ClHO4/c2*1-15(2,13-9-5-3-6-10-13)14-11-7-4-8-12-14;2*1-2-4-5-3-1;;;;2*2-1(3,4)5/h2*3-12H,1-2H2;2*1-4H2;1H3;;;2*(H,2,3,4,5)/q2*-1;;;-1;;+3;;/p-2. The SMILES string of the molecule is C1CCSC1.C1CCSC1.[Au+3].[Au].[CH2-][P+]([CH2-])(c1ccccc1)c1ccccc1.[CH2-][P+]([CH2-])(c1ccccc1)c1ccccc1.[CH3-].[O-][Cl+3]([O-])([O-])[O-].[O-][Cl+3]([O-])([O-])[O-]. The Morgan fingerprint density at radius 3 is 0.660 bits per heavy atom. The molecular formula is C37H47Au2Cl2O8P2S2-2. The van der Waals surface area contributed by atoms with Crippen LogP contribution in [0, 0.1) is 54.6 Å². The number of hydrogen-bond acceptors (Lipinski definition) is 10.